The summed E-state index contributed by atoms with van der Waals surface area (Å²) in [6.45, 7) is 3.66. The number of fused-ring (bicyclic) bond motifs is 1. The molecule has 34 heavy (non-hydrogen) atoms. The van der Waals surface area contributed by atoms with Gasteiger partial charge in [0, 0.05) is 10.9 Å². The molecule has 0 saturated carbocycles. The fourth-order valence-electron chi connectivity index (χ4n) is 3.76. The summed E-state index contributed by atoms with van der Waals surface area (Å²) >= 11 is 0. The van der Waals surface area contributed by atoms with Crippen molar-refractivity contribution in [2.24, 2.45) is 0 Å². The highest BCUT2D eigenvalue weighted by Gasteiger charge is 2.34. The largest absolute Gasteiger partial charge is 0.573 e. The molecule has 0 aliphatic rings. The number of ether oxygens (including phenoxy) is 1. The van der Waals surface area contributed by atoms with E-state index < -0.39 is 23.7 Å². The van der Waals surface area contributed by atoms with Crippen molar-refractivity contribution in [2.75, 3.05) is 0 Å². The van der Waals surface area contributed by atoms with Gasteiger partial charge in [-0.1, -0.05) is 54.6 Å². The van der Waals surface area contributed by atoms with Crippen molar-refractivity contribution < 1.29 is 31.1 Å². The molecule has 0 unspecified atom stereocenters. The number of halogens is 6. The molecule has 0 heterocycles. The van der Waals surface area contributed by atoms with Gasteiger partial charge in [0.25, 0.3) is 0 Å². The Kier molecular flexibility index (Phi) is 6.37. The standard InChI is InChI=1S/C27H18F6O/c1-2-3-4-16-5-11-21(23(28)13-16)18-8-6-17(7-9-18)19-10-12-22-20(14-19)15-24(29)26(25(22)30)34-27(31,32)33/h2,5-15H,1,3-4H2. The third-order valence-corrected chi connectivity index (χ3v) is 5.40. The Morgan fingerprint density at radius 2 is 1.44 bits per heavy atom. The summed E-state index contributed by atoms with van der Waals surface area (Å²) in [6.07, 6.45) is -1.99. The van der Waals surface area contributed by atoms with Crippen molar-refractivity contribution in [3.8, 4) is 28.0 Å². The number of rotatable bonds is 6. The lowest BCUT2D eigenvalue weighted by Gasteiger charge is -2.13. The van der Waals surface area contributed by atoms with Crippen LogP contribution in [-0.2, 0) is 6.42 Å². The Morgan fingerprint density at radius 1 is 0.765 bits per heavy atom. The zero-order chi connectivity index (χ0) is 24.5. The van der Waals surface area contributed by atoms with E-state index in [4.69, 9.17) is 0 Å². The van der Waals surface area contributed by atoms with Crippen molar-refractivity contribution >= 4 is 10.8 Å². The second-order valence-electron chi connectivity index (χ2n) is 7.70. The molecule has 0 radical (unpaired) electrons. The van der Waals surface area contributed by atoms with Gasteiger partial charge in [-0.25, -0.2) is 13.2 Å². The first-order chi connectivity index (χ1) is 16.2. The lowest BCUT2D eigenvalue weighted by molar-refractivity contribution is -0.276. The molecule has 0 aromatic heterocycles. The maximum atomic E-state index is 14.6. The topological polar surface area (TPSA) is 9.23 Å². The Bertz CT molecular complexity index is 1360. The molecular formula is C27H18F6O. The SMILES string of the molecule is C=CCCc1ccc(-c2ccc(-c3ccc4c(F)c(OC(F)(F)F)c(F)cc4c3)cc2)c(F)c1. The van der Waals surface area contributed by atoms with E-state index in [0.29, 0.717) is 28.7 Å². The van der Waals surface area contributed by atoms with Crippen molar-refractivity contribution in [1.82, 2.24) is 0 Å². The van der Waals surface area contributed by atoms with E-state index >= 15 is 0 Å². The first-order valence-electron chi connectivity index (χ1n) is 10.3. The molecule has 0 spiro atoms. The van der Waals surface area contributed by atoms with Crippen LogP contribution >= 0.6 is 0 Å². The van der Waals surface area contributed by atoms with Crippen LogP contribution in [0.25, 0.3) is 33.0 Å². The number of benzene rings is 4. The van der Waals surface area contributed by atoms with Gasteiger partial charge in [-0.15, -0.1) is 19.8 Å². The van der Waals surface area contributed by atoms with Crippen LogP contribution in [0.4, 0.5) is 26.3 Å². The van der Waals surface area contributed by atoms with E-state index in [1.54, 1.807) is 36.4 Å². The molecule has 1 nitrogen and oxygen atoms in total. The van der Waals surface area contributed by atoms with Gasteiger partial charge < -0.3 is 4.74 Å². The first kappa shape index (κ1) is 23.4. The summed E-state index contributed by atoms with van der Waals surface area (Å²) in [5.74, 6) is -4.72. The summed E-state index contributed by atoms with van der Waals surface area (Å²) in [4.78, 5) is 0. The van der Waals surface area contributed by atoms with Gasteiger partial charge in [0.15, 0.2) is 11.6 Å². The molecule has 174 valence electrons. The van der Waals surface area contributed by atoms with Gasteiger partial charge in [-0.3, -0.25) is 0 Å². The highest BCUT2D eigenvalue weighted by molar-refractivity contribution is 5.89. The minimum Gasteiger partial charge on any atom is -0.399 e. The fourth-order valence-corrected chi connectivity index (χ4v) is 3.76. The Morgan fingerprint density at radius 3 is 2.09 bits per heavy atom. The molecular weight excluding hydrogens is 454 g/mol. The van der Waals surface area contributed by atoms with Crippen LogP contribution in [0.3, 0.4) is 0 Å². The van der Waals surface area contributed by atoms with Crippen LogP contribution in [0.15, 0.2) is 79.4 Å². The molecule has 0 aliphatic carbocycles. The van der Waals surface area contributed by atoms with Crippen molar-refractivity contribution in [3.63, 3.8) is 0 Å². The van der Waals surface area contributed by atoms with Crippen molar-refractivity contribution in [2.45, 2.75) is 19.2 Å². The van der Waals surface area contributed by atoms with Crippen LogP contribution in [0, 0.1) is 17.5 Å². The van der Waals surface area contributed by atoms with Crippen LogP contribution in [-0.4, -0.2) is 6.36 Å². The van der Waals surface area contributed by atoms with E-state index in [1.807, 2.05) is 6.07 Å². The molecule has 0 N–H and O–H groups in total. The van der Waals surface area contributed by atoms with Crippen LogP contribution < -0.4 is 4.74 Å². The molecule has 0 atom stereocenters. The summed E-state index contributed by atoms with van der Waals surface area (Å²) < 4.78 is 84.0. The minimum absolute atomic E-state index is 0.0762. The van der Waals surface area contributed by atoms with E-state index in [9.17, 15) is 26.3 Å². The number of hydrogen-bond donors (Lipinski definition) is 0. The van der Waals surface area contributed by atoms with Crippen LogP contribution in [0.5, 0.6) is 5.75 Å². The normalized spacial score (nSPS) is 11.6. The number of hydrogen-bond acceptors (Lipinski definition) is 1. The predicted molar refractivity (Wildman–Crippen MR) is 120 cm³/mol. The average molecular weight is 472 g/mol. The molecule has 4 rings (SSSR count). The Hall–Kier alpha value is -3.74. The quantitative estimate of drug-likeness (QED) is 0.202. The highest BCUT2D eigenvalue weighted by Crippen LogP contribution is 2.36. The Balaban J connectivity index is 1.64. The van der Waals surface area contributed by atoms with Crippen molar-refractivity contribution in [1.29, 1.82) is 0 Å². The zero-order valence-corrected chi connectivity index (χ0v) is 17.7. The lowest BCUT2D eigenvalue weighted by atomic mass is 9.97. The van der Waals surface area contributed by atoms with Gasteiger partial charge in [0.05, 0.1) is 0 Å². The second-order valence-corrected chi connectivity index (χ2v) is 7.70. The van der Waals surface area contributed by atoms with Crippen molar-refractivity contribution in [3.05, 3.63) is 102 Å². The van der Waals surface area contributed by atoms with Crippen LogP contribution in [0.1, 0.15) is 12.0 Å². The first-order valence-corrected chi connectivity index (χ1v) is 10.3. The maximum Gasteiger partial charge on any atom is 0.573 e. The third kappa shape index (κ3) is 4.93. The maximum absolute atomic E-state index is 14.6. The number of allylic oxidation sites excluding steroid dienone is 1. The highest BCUT2D eigenvalue weighted by atomic mass is 19.4. The smallest absolute Gasteiger partial charge is 0.399 e. The number of aryl methyl sites for hydroxylation is 1. The van der Waals surface area contributed by atoms with E-state index in [0.717, 1.165) is 18.1 Å². The molecule has 7 heteroatoms. The fraction of sp³-hybridized carbons (Fsp3) is 0.111. The van der Waals surface area contributed by atoms with E-state index in [2.05, 4.69) is 11.3 Å². The predicted octanol–water partition coefficient (Wildman–Crippen LogP) is 8.61. The van der Waals surface area contributed by atoms with E-state index in [-0.39, 0.29) is 16.6 Å². The molecule has 0 saturated heterocycles. The zero-order valence-electron chi connectivity index (χ0n) is 17.7. The van der Waals surface area contributed by atoms with E-state index in [1.165, 1.54) is 24.3 Å². The molecule has 0 fully saturated rings. The summed E-state index contributed by atoms with van der Waals surface area (Å²) in [5, 5.41) is -0.133. The van der Waals surface area contributed by atoms with Gasteiger partial charge in [0.1, 0.15) is 5.82 Å². The summed E-state index contributed by atoms with van der Waals surface area (Å²) in [6, 6.07) is 17.0. The third-order valence-electron chi connectivity index (χ3n) is 5.40. The molecule has 4 aromatic carbocycles. The lowest BCUT2D eigenvalue weighted by Crippen LogP contribution is -2.19. The molecule has 0 bridgehead atoms. The number of alkyl halides is 3. The summed E-state index contributed by atoms with van der Waals surface area (Å²) in [7, 11) is 0. The Labute approximate surface area is 191 Å². The molecule has 0 amide bonds. The van der Waals surface area contributed by atoms with Gasteiger partial charge >= 0.3 is 6.36 Å². The van der Waals surface area contributed by atoms with Gasteiger partial charge in [-0.2, -0.15) is 0 Å². The average Bonchev–Trinajstić information content (AvgIpc) is 2.80. The molecule has 0 aliphatic heterocycles. The molecule has 4 aromatic rings. The minimum atomic E-state index is -5.22. The van der Waals surface area contributed by atoms with Gasteiger partial charge in [0.2, 0.25) is 5.75 Å². The van der Waals surface area contributed by atoms with Gasteiger partial charge in [-0.05, 0) is 58.7 Å². The van der Waals surface area contributed by atoms with Crippen LogP contribution in [0.2, 0.25) is 0 Å². The summed E-state index contributed by atoms with van der Waals surface area (Å²) in [5.41, 5.74) is 3.24. The second kappa shape index (κ2) is 9.25. The monoisotopic (exact) mass is 472 g/mol.